The average molecular weight is 687 g/mol. The number of benzene rings is 2. The highest BCUT2D eigenvalue weighted by Gasteiger charge is 2.53. The molecule has 0 saturated carbocycles. The second kappa shape index (κ2) is 25.0. The molecule has 0 fully saturated rings. The highest BCUT2D eigenvalue weighted by atomic mass is 31.2. The summed E-state index contributed by atoms with van der Waals surface area (Å²) in [5.41, 5.74) is 0.124. The number of aryl methyl sites for hydroxylation is 2. The molecule has 2 rings (SSSR count). The minimum Gasteiger partial charge on any atom is -0.395 e. The first kappa shape index (κ1) is 43.0. The molecule has 0 spiro atoms. The van der Waals surface area contributed by atoms with Crippen LogP contribution in [0.4, 0.5) is 0 Å². The van der Waals surface area contributed by atoms with Crippen LogP contribution in [0, 0.1) is 5.41 Å². The van der Waals surface area contributed by atoms with Gasteiger partial charge in [0.05, 0.1) is 25.2 Å². The van der Waals surface area contributed by atoms with Gasteiger partial charge >= 0.3 is 17.2 Å². The van der Waals surface area contributed by atoms with E-state index in [1.54, 1.807) is 0 Å². The lowest BCUT2D eigenvalue weighted by atomic mass is 9.63. The molecular weight excluding hydrogens is 626 g/mol. The Bertz CT molecular complexity index is 959. The van der Waals surface area contributed by atoms with E-state index in [0.717, 1.165) is 49.7 Å². The van der Waals surface area contributed by atoms with Gasteiger partial charge in [-0.2, -0.15) is 0 Å². The SMILES string of the molecule is CCCCCCCCCc1ccccc1C(O)(c1ccccc1CCCCCCCCC)C(CO)(CO)CO.OP(O)OP(O)O. The summed E-state index contributed by atoms with van der Waals surface area (Å²) in [7, 11) is -5.22. The fraction of sp³-hybridized carbons (Fsp3) is 0.657. The van der Waals surface area contributed by atoms with Gasteiger partial charge < -0.3 is 40.0 Å². The van der Waals surface area contributed by atoms with Crippen LogP contribution < -0.4 is 0 Å². The molecule has 11 heteroatoms. The van der Waals surface area contributed by atoms with Gasteiger partial charge in [0.25, 0.3) is 0 Å². The van der Waals surface area contributed by atoms with Crippen molar-refractivity contribution >= 4 is 17.2 Å². The van der Waals surface area contributed by atoms with Gasteiger partial charge in [0.15, 0.2) is 0 Å². The van der Waals surface area contributed by atoms with Crippen LogP contribution in [0.15, 0.2) is 48.5 Å². The van der Waals surface area contributed by atoms with Gasteiger partial charge in [0, 0.05) is 0 Å². The molecule has 0 heterocycles. The topological polar surface area (TPSA) is 171 Å². The van der Waals surface area contributed by atoms with Crippen LogP contribution in [0.1, 0.15) is 126 Å². The zero-order valence-electron chi connectivity index (χ0n) is 27.9. The molecule has 0 unspecified atom stereocenters. The van der Waals surface area contributed by atoms with Crippen molar-refractivity contribution in [3.63, 3.8) is 0 Å². The lowest BCUT2D eigenvalue weighted by molar-refractivity contribution is -0.136. The molecule has 0 radical (unpaired) electrons. The third-order valence-electron chi connectivity index (χ3n) is 8.74. The number of hydrogen-bond acceptors (Lipinski definition) is 9. The number of hydrogen-bond donors (Lipinski definition) is 8. The van der Waals surface area contributed by atoms with Crippen molar-refractivity contribution in [3.8, 4) is 0 Å². The van der Waals surface area contributed by atoms with E-state index < -0.39 is 48.0 Å². The van der Waals surface area contributed by atoms with Crippen LogP contribution in [0.3, 0.4) is 0 Å². The molecule has 264 valence electrons. The van der Waals surface area contributed by atoms with Gasteiger partial charge in [-0.25, -0.2) is 4.31 Å². The fourth-order valence-electron chi connectivity index (χ4n) is 6.00. The zero-order chi connectivity index (χ0) is 34.3. The van der Waals surface area contributed by atoms with Crippen molar-refractivity contribution in [2.75, 3.05) is 19.8 Å². The summed E-state index contributed by atoms with van der Waals surface area (Å²) in [6, 6.07) is 15.7. The molecule has 0 bridgehead atoms. The summed E-state index contributed by atoms with van der Waals surface area (Å²) in [6.45, 7) is 2.86. The van der Waals surface area contributed by atoms with Crippen molar-refractivity contribution in [2.45, 2.75) is 122 Å². The van der Waals surface area contributed by atoms with Crippen LogP contribution >= 0.6 is 17.2 Å². The van der Waals surface area contributed by atoms with Gasteiger partial charge in [-0.15, -0.1) is 0 Å². The van der Waals surface area contributed by atoms with E-state index in [1.807, 2.05) is 48.5 Å². The summed E-state index contributed by atoms with van der Waals surface area (Å²) < 4.78 is 3.60. The van der Waals surface area contributed by atoms with Gasteiger partial charge in [0.1, 0.15) is 5.60 Å². The third kappa shape index (κ3) is 14.2. The highest BCUT2D eigenvalue weighted by Crippen LogP contribution is 2.48. The Morgan fingerprint density at radius 1 is 0.522 bits per heavy atom. The fourth-order valence-corrected chi connectivity index (χ4v) is 6.53. The molecule has 0 aliphatic heterocycles. The molecule has 0 saturated heterocycles. The minimum absolute atomic E-state index is 0.534. The maximum absolute atomic E-state index is 12.7. The molecule has 0 atom stereocenters. The summed E-state index contributed by atoms with van der Waals surface area (Å²) >= 11 is 0. The van der Waals surface area contributed by atoms with Gasteiger partial charge in [-0.3, -0.25) is 0 Å². The molecule has 0 aromatic heterocycles. The second-order valence-electron chi connectivity index (χ2n) is 12.1. The average Bonchev–Trinajstić information content (AvgIpc) is 3.05. The standard InChI is InChI=1S/C35H56O4.H4O5P2/c1-3-5-7-9-11-13-15-21-30-23-17-19-25-32(30)35(39,34(27-36,28-37)29-38)33-26-20-18-24-31(33)22-16-14-12-10-8-6-4-2;1-6(2)5-7(3)4/h17-20,23-26,36-39H,3-16,21-22,27-29H2,1-2H3;1-4H. The lowest BCUT2D eigenvalue weighted by Crippen LogP contribution is -2.55. The van der Waals surface area contributed by atoms with E-state index in [0.29, 0.717) is 11.1 Å². The smallest absolute Gasteiger partial charge is 0.334 e. The quantitative estimate of drug-likeness (QED) is 0.0432. The van der Waals surface area contributed by atoms with Crippen LogP contribution in [0.2, 0.25) is 0 Å². The zero-order valence-corrected chi connectivity index (χ0v) is 29.7. The van der Waals surface area contributed by atoms with Crippen molar-refractivity contribution in [2.24, 2.45) is 5.41 Å². The molecule has 2 aromatic rings. The van der Waals surface area contributed by atoms with Crippen molar-refractivity contribution in [1.29, 1.82) is 0 Å². The monoisotopic (exact) mass is 686 g/mol. The minimum atomic E-state index is -2.61. The van der Waals surface area contributed by atoms with E-state index >= 15 is 0 Å². The van der Waals surface area contributed by atoms with Crippen LogP contribution in [0.25, 0.3) is 0 Å². The summed E-state index contributed by atoms with van der Waals surface area (Å²) in [6.07, 6.45) is 18.5. The van der Waals surface area contributed by atoms with Gasteiger partial charge in [0.2, 0.25) is 0 Å². The number of aliphatic hydroxyl groups excluding tert-OH is 3. The highest BCUT2D eigenvalue weighted by molar-refractivity contribution is 7.53. The Kier molecular flexibility index (Phi) is 23.3. The first-order valence-corrected chi connectivity index (χ1v) is 19.3. The molecular formula is C35H60O9P2. The predicted molar refractivity (Wildman–Crippen MR) is 187 cm³/mol. The van der Waals surface area contributed by atoms with Crippen LogP contribution in [-0.2, 0) is 22.8 Å². The van der Waals surface area contributed by atoms with Gasteiger partial charge in [-0.1, -0.05) is 139 Å². The van der Waals surface area contributed by atoms with Crippen molar-refractivity contribution in [3.05, 3.63) is 70.8 Å². The maximum atomic E-state index is 12.7. The lowest BCUT2D eigenvalue weighted by Gasteiger charge is -2.46. The Labute approximate surface area is 279 Å². The Hall–Kier alpha value is -1.06. The molecule has 0 amide bonds. The summed E-state index contributed by atoms with van der Waals surface area (Å²) in [4.78, 5) is 31.3. The molecule has 0 aliphatic rings. The predicted octanol–water partition coefficient (Wildman–Crippen LogP) is 6.90. The second-order valence-corrected chi connectivity index (χ2v) is 13.8. The van der Waals surface area contributed by atoms with E-state index in [-0.39, 0.29) is 0 Å². The molecule has 2 aromatic carbocycles. The Morgan fingerprint density at radius 2 is 0.848 bits per heavy atom. The van der Waals surface area contributed by atoms with E-state index in [9.17, 15) is 20.4 Å². The Morgan fingerprint density at radius 3 is 1.15 bits per heavy atom. The molecule has 9 nitrogen and oxygen atoms in total. The van der Waals surface area contributed by atoms with E-state index in [1.165, 1.54) is 64.2 Å². The molecule has 8 N–H and O–H groups in total. The number of aliphatic hydroxyl groups is 4. The van der Waals surface area contributed by atoms with Crippen molar-refractivity contribution in [1.82, 2.24) is 0 Å². The van der Waals surface area contributed by atoms with Crippen LogP contribution in [0.5, 0.6) is 0 Å². The van der Waals surface area contributed by atoms with E-state index in [2.05, 4.69) is 18.2 Å². The normalized spacial score (nSPS) is 12.1. The third-order valence-corrected chi connectivity index (χ3v) is 9.90. The van der Waals surface area contributed by atoms with E-state index in [4.69, 9.17) is 19.6 Å². The largest absolute Gasteiger partial charge is 0.395 e. The molecule has 46 heavy (non-hydrogen) atoms. The number of rotatable bonds is 24. The van der Waals surface area contributed by atoms with Crippen LogP contribution in [-0.4, -0.2) is 59.8 Å². The Balaban J connectivity index is 0.00000135. The van der Waals surface area contributed by atoms with Crippen molar-refractivity contribution < 1.29 is 44.3 Å². The summed E-state index contributed by atoms with van der Waals surface area (Å²) in [5.74, 6) is 0. The first-order chi connectivity index (χ1) is 22.2. The number of unbranched alkanes of at least 4 members (excludes halogenated alkanes) is 12. The maximum Gasteiger partial charge on any atom is 0.334 e. The first-order valence-electron chi connectivity index (χ1n) is 16.9. The molecule has 0 aliphatic carbocycles. The van der Waals surface area contributed by atoms with Gasteiger partial charge in [-0.05, 0) is 47.9 Å². The summed E-state index contributed by atoms with van der Waals surface area (Å²) in [5, 5.41) is 44.5.